The van der Waals surface area contributed by atoms with E-state index in [-0.39, 0.29) is 0 Å². The van der Waals surface area contributed by atoms with Crippen LogP contribution in [0.15, 0.2) is 42.5 Å². The van der Waals surface area contributed by atoms with Crippen LogP contribution in [0.3, 0.4) is 0 Å². The quantitative estimate of drug-likeness (QED) is 0.863. The van der Waals surface area contributed by atoms with Gasteiger partial charge >= 0.3 is 0 Å². The molecule has 1 fully saturated rings. The van der Waals surface area contributed by atoms with Gasteiger partial charge in [-0.3, -0.25) is 0 Å². The van der Waals surface area contributed by atoms with Crippen molar-refractivity contribution in [3.8, 4) is 0 Å². The predicted octanol–water partition coefficient (Wildman–Crippen LogP) is 3.43. The largest absolute Gasteiger partial charge is 0.372 e. The van der Waals surface area contributed by atoms with E-state index in [1.807, 2.05) is 0 Å². The molecule has 3 nitrogen and oxygen atoms in total. The Balaban J connectivity index is 1.60. The molecule has 20 heavy (non-hydrogen) atoms. The minimum Gasteiger partial charge on any atom is -0.372 e. The Kier molecular flexibility index (Phi) is 3.81. The van der Waals surface area contributed by atoms with Crippen molar-refractivity contribution in [3.63, 3.8) is 0 Å². The van der Waals surface area contributed by atoms with Crippen LogP contribution in [0.5, 0.6) is 0 Å². The molecule has 0 spiro atoms. The molecule has 0 atom stereocenters. The highest BCUT2D eigenvalue weighted by molar-refractivity contribution is 5.48. The van der Waals surface area contributed by atoms with Crippen LogP contribution in [-0.4, -0.2) is 18.1 Å². The van der Waals surface area contributed by atoms with Crippen LogP contribution in [-0.2, 0) is 6.54 Å². The normalized spacial score (nSPS) is 14.6. The third kappa shape index (κ3) is 3.07. The Labute approximate surface area is 118 Å². The summed E-state index contributed by atoms with van der Waals surface area (Å²) in [6.07, 6.45) is 2.57. The summed E-state index contributed by atoms with van der Waals surface area (Å²) in [7, 11) is 0. The van der Waals surface area contributed by atoms with Gasteiger partial charge in [-0.2, -0.15) is 4.39 Å². The third-order valence-corrected chi connectivity index (χ3v) is 3.60. The molecule has 0 bridgehead atoms. The summed E-state index contributed by atoms with van der Waals surface area (Å²) in [6, 6.07) is 13.3. The van der Waals surface area contributed by atoms with E-state index in [0.29, 0.717) is 12.4 Å². The summed E-state index contributed by atoms with van der Waals surface area (Å²) in [5.41, 5.74) is 2.45. The van der Waals surface area contributed by atoms with Crippen molar-refractivity contribution in [2.75, 3.05) is 23.3 Å². The minimum atomic E-state index is -0.459. The molecule has 1 aliphatic heterocycles. The molecule has 0 saturated carbocycles. The molecule has 104 valence electrons. The summed E-state index contributed by atoms with van der Waals surface area (Å²) in [5, 5.41) is 3.13. The number of hydrogen-bond donors (Lipinski definition) is 1. The van der Waals surface area contributed by atoms with Gasteiger partial charge in [-0.1, -0.05) is 18.2 Å². The van der Waals surface area contributed by atoms with E-state index in [0.717, 1.165) is 13.1 Å². The van der Waals surface area contributed by atoms with Crippen molar-refractivity contribution in [1.29, 1.82) is 0 Å². The fraction of sp³-hybridized carbons (Fsp3) is 0.312. The number of nitrogens with one attached hydrogen (secondary N) is 1. The standard InChI is InChI=1S/C16H18FN3/c17-15-4-3-5-16(19-15)18-12-13-6-8-14(9-7-13)20-10-1-2-11-20/h3-9H,1-2,10-12H2,(H,18,19). The van der Waals surface area contributed by atoms with E-state index in [2.05, 4.69) is 39.5 Å². The van der Waals surface area contributed by atoms with Crippen molar-refractivity contribution in [1.82, 2.24) is 4.98 Å². The number of rotatable bonds is 4. The maximum Gasteiger partial charge on any atom is 0.214 e. The van der Waals surface area contributed by atoms with Crippen LogP contribution in [0.4, 0.5) is 15.9 Å². The summed E-state index contributed by atoms with van der Waals surface area (Å²) >= 11 is 0. The monoisotopic (exact) mass is 271 g/mol. The number of pyridine rings is 1. The summed E-state index contributed by atoms with van der Waals surface area (Å²) < 4.78 is 13.0. The van der Waals surface area contributed by atoms with Gasteiger partial charge in [0.1, 0.15) is 5.82 Å². The van der Waals surface area contributed by atoms with Gasteiger partial charge in [0.05, 0.1) is 0 Å². The number of benzene rings is 1. The molecular weight excluding hydrogens is 253 g/mol. The zero-order valence-corrected chi connectivity index (χ0v) is 11.3. The molecule has 1 aromatic heterocycles. The molecule has 2 aromatic rings. The second-order valence-electron chi connectivity index (χ2n) is 5.06. The first-order valence-corrected chi connectivity index (χ1v) is 7.01. The average molecular weight is 271 g/mol. The number of nitrogens with zero attached hydrogens (tertiary/aromatic N) is 2. The smallest absolute Gasteiger partial charge is 0.214 e. The number of anilines is 2. The van der Waals surface area contributed by atoms with E-state index in [9.17, 15) is 4.39 Å². The van der Waals surface area contributed by atoms with Crippen molar-refractivity contribution < 1.29 is 4.39 Å². The maximum atomic E-state index is 13.0. The Hall–Kier alpha value is -2.10. The Morgan fingerprint density at radius 3 is 2.50 bits per heavy atom. The molecule has 1 aliphatic rings. The first-order chi connectivity index (χ1) is 9.81. The van der Waals surface area contributed by atoms with Gasteiger partial charge in [0.15, 0.2) is 0 Å². The van der Waals surface area contributed by atoms with E-state index < -0.39 is 5.95 Å². The Bertz CT molecular complexity index is 562. The molecule has 3 rings (SSSR count). The molecule has 2 heterocycles. The van der Waals surface area contributed by atoms with Gasteiger partial charge in [0.2, 0.25) is 5.95 Å². The van der Waals surface area contributed by atoms with E-state index in [1.165, 1.54) is 30.2 Å². The molecule has 1 N–H and O–H groups in total. The minimum absolute atomic E-state index is 0.459. The predicted molar refractivity (Wildman–Crippen MR) is 79.4 cm³/mol. The lowest BCUT2D eigenvalue weighted by Gasteiger charge is -2.17. The number of halogens is 1. The second kappa shape index (κ2) is 5.90. The number of hydrogen-bond acceptors (Lipinski definition) is 3. The average Bonchev–Trinajstić information content (AvgIpc) is 3.00. The fourth-order valence-electron chi connectivity index (χ4n) is 2.50. The van der Waals surface area contributed by atoms with Gasteiger partial charge in [-0.05, 0) is 42.7 Å². The van der Waals surface area contributed by atoms with Crippen molar-refractivity contribution in [3.05, 3.63) is 54.0 Å². The molecule has 4 heteroatoms. The SMILES string of the molecule is Fc1cccc(NCc2ccc(N3CCCC3)cc2)n1. The van der Waals surface area contributed by atoms with Crippen LogP contribution >= 0.6 is 0 Å². The van der Waals surface area contributed by atoms with Crippen LogP contribution in [0.2, 0.25) is 0 Å². The van der Waals surface area contributed by atoms with Gasteiger partial charge < -0.3 is 10.2 Å². The lowest BCUT2D eigenvalue weighted by molar-refractivity contribution is 0.585. The van der Waals surface area contributed by atoms with Gasteiger partial charge in [0, 0.05) is 25.3 Å². The maximum absolute atomic E-state index is 13.0. The van der Waals surface area contributed by atoms with Gasteiger partial charge in [0.25, 0.3) is 0 Å². The molecule has 0 amide bonds. The Morgan fingerprint density at radius 1 is 1.05 bits per heavy atom. The van der Waals surface area contributed by atoms with Crippen LogP contribution in [0.1, 0.15) is 18.4 Å². The molecular formula is C16H18FN3. The van der Waals surface area contributed by atoms with Crippen molar-refractivity contribution >= 4 is 11.5 Å². The van der Waals surface area contributed by atoms with Crippen molar-refractivity contribution in [2.24, 2.45) is 0 Å². The second-order valence-corrected chi connectivity index (χ2v) is 5.06. The van der Waals surface area contributed by atoms with Crippen LogP contribution in [0.25, 0.3) is 0 Å². The van der Waals surface area contributed by atoms with Crippen LogP contribution < -0.4 is 10.2 Å². The van der Waals surface area contributed by atoms with Gasteiger partial charge in [-0.25, -0.2) is 4.98 Å². The first kappa shape index (κ1) is 12.9. The Morgan fingerprint density at radius 2 is 1.80 bits per heavy atom. The highest BCUT2D eigenvalue weighted by Crippen LogP contribution is 2.20. The highest BCUT2D eigenvalue weighted by Gasteiger charge is 2.11. The molecule has 1 aromatic carbocycles. The number of aromatic nitrogens is 1. The molecule has 1 saturated heterocycles. The van der Waals surface area contributed by atoms with Gasteiger partial charge in [-0.15, -0.1) is 0 Å². The van der Waals surface area contributed by atoms with E-state index in [1.54, 1.807) is 12.1 Å². The molecule has 0 aliphatic carbocycles. The summed E-state index contributed by atoms with van der Waals surface area (Å²) in [4.78, 5) is 6.19. The lowest BCUT2D eigenvalue weighted by atomic mass is 10.2. The fourth-order valence-corrected chi connectivity index (χ4v) is 2.50. The first-order valence-electron chi connectivity index (χ1n) is 7.01. The topological polar surface area (TPSA) is 28.2 Å². The van der Waals surface area contributed by atoms with E-state index >= 15 is 0 Å². The van der Waals surface area contributed by atoms with Crippen molar-refractivity contribution in [2.45, 2.75) is 19.4 Å². The molecule has 0 radical (unpaired) electrons. The zero-order valence-electron chi connectivity index (χ0n) is 11.3. The zero-order chi connectivity index (χ0) is 13.8. The lowest BCUT2D eigenvalue weighted by Crippen LogP contribution is -2.17. The molecule has 0 unspecified atom stereocenters. The summed E-state index contributed by atoms with van der Waals surface area (Å²) in [6.45, 7) is 2.96. The third-order valence-electron chi connectivity index (χ3n) is 3.60. The van der Waals surface area contributed by atoms with E-state index in [4.69, 9.17) is 0 Å². The highest BCUT2D eigenvalue weighted by atomic mass is 19.1. The summed E-state index contributed by atoms with van der Waals surface area (Å²) in [5.74, 6) is 0.105. The van der Waals surface area contributed by atoms with Crippen LogP contribution in [0, 0.1) is 5.95 Å².